The van der Waals surface area contributed by atoms with Gasteiger partial charge in [-0.05, 0) is 25.7 Å². The zero-order valence-corrected chi connectivity index (χ0v) is 12.3. The fourth-order valence-corrected chi connectivity index (χ4v) is 3.03. The maximum atomic E-state index is 12.0. The van der Waals surface area contributed by atoms with E-state index in [1.54, 1.807) is 18.4 Å². The average molecular weight is 283 g/mol. The first-order valence-corrected chi connectivity index (χ1v) is 7.43. The van der Waals surface area contributed by atoms with Crippen molar-refractivity contribution in [1.82, 2.24) is 15.2 Å². The van der Waals surface area contributed by atoms with Crippen LogP contribution in [0.4, 0.5) is 4.79 Å². The molecule has 0 unspecified atom stereocenters. The Labute approximate surface area is 118 Å². The average Bonchev–Trinajstić information content (AvgIpc) is 2.83. The quantitative estimate of drug-likeness (QED) is 0.920. The van der Waals surface area contributed by atoms with Gasteiger partial charge in [-0.2, -0.15) is 0 Å². The fourth-order valence-electron chi connectivity index (χ4n) is 2.30. The topological polar surface area (TPSA) is 54.5 Å². The minimum atomic E-state index is 0.0296. The van der Waals surface area contributed by atoms with Gasteiger partial charge in [-0.15, -0.1) is 11.3 Å². The highest BCUT2D eigenvalue weighted by Gasteiger charge is 2.22. The predicted octanol–water partition coefficient (Wildman–Crippen LogP) is 2.02. The zero-order valence-electron chi connectivity index (χ0n) is 11.5. The van der Waals surface area contributed by atoms with Crippen LogP contribution in [0.5, 0.6) is 0 Å². The van der Waals surface area contributed by atoms with Crippen LogP contribution >= 0.6 is 11.3 Å². The number of nitrogens with one attached hydrogen (secondary N) is 1. The molecule has 6 heteroatoms. The lowest BCUT2D eigenvalue weighted by atomic mass is 9.98. The molecular formula is C13H21N3O2S. The van der Waals surface area contributed by atoms with Crippen LogP contribution in [0.25, 0.3) is 0 Å². The summed E-state index contributed by atoms with van der Waals surface area (Å²) in [5.74, 6) is 0.596. The number of aromatic nitrogens is 1. The van der Waals surface area contributed by atoms with Crippen molar-refractivity contribution >= 4 is 17.4 Å². The van der Waals surface area contributed by atoms with Gasteiger partial charge in [0.1, 0.15) is 0 Å². The molecule has 0 spiro atoms. The van der Waals surface area contributed by atoms with Crippen LogP contribution in [0.1, 0.15) is 22.7 Å². The predicted molar refractivity (Wildman–Crippen MR) is 75.3 cm³/mol. The number of methoxy groups -OCH3 is 1. The van der Waals surface area contributed by atoms with Crippen LogP contribution in [-0.4, -0.2) is 42.7 Å². The molecule has 1 aromatic heterocycles. The summed E-state index contributed by atoms with van der Waals surface area (Å²) < 4.78 is 5.16. The minimum Gasteiger partial charge on any atom is -0.384 e. The Hall–Kier alpha value is -1.14. The van der Waals surface area contributed by atoms with E-state index in [4.69, 9.17) is 4.74 Å². The second-order valence-electron chi connectivity index (χ2n) is 4.89. The van der Waals surface area contributed by atoms with E-state index in [-0.39, 0.29) is 6.03 Å². The lowest BCUT2D eigenvalue weighted by Crippen LogP contribution is -2.44. The summed E-state index contributed by atoms with van der Waals surface area (Å²) in [6.45, 7) is 4.98. The molecule has 1 aliphatic heterocycles. The lowest BCUT2D eigenvalue weighted by Gasteiger charge is -2.31. The van der Waals surface area contributed by atoms with Gasteiger partial charge in [0.15, 0.2) is 0 Å². The molecule has 0 aromatic carbocycles. The van der Waals surface area contributed by atoms with E-state index in [1.807, 2.05) is 18.0 Å². The van der Waals surface area contributed by atoms with Gasteiger partial charge in [0.05, 0.1) is 11.6 Å². The largest absolute Gasteiger partial charge is 0.384 e. The van der Waals surface area contributed by atoms with Gasteiger partial charge in [0, 0.05) is 37.9 Å². The van der Waals surface area contributed by atoms with Gasteiger partial charge in [-0.1, -0.05) is 0 Å². The van der Waals surface area contributed by atoms with Crippen molar-refractivity contribution in [3.8, 4) is 0 Å². The second-order valence-corrected chi connectivity index (χ2v) is 6.21. The van der Waals surface area contributed by atoms with Gasteiger partial charge in [-0.3, -0.25) is 0 Å². The molecule has 0 atom stereocenters. The Bertz CT molecular complexity index is 414. The molecule has 2 rings (SSSR count). The van der Waals surface area contributed by atoms with E-state index in [1.165, 1.54) is 0 Å². The van der Waals surface area contributed by atoms with Gasteiger partial charge < -0.3 is 15.0 Å². The molecule has 1 aromatic rings. The first kappa shape index (κ1) is 14.3. The second kappa shape index (κ2) is 6.86. The molecule has 5 nitrogen and oxygen atoms in total. The molecule has 106 valence electrons. The SMILES string of the molecule is COCC1CCN(C(=O)NCc2cnc(C)s2)CC1. The van der Waals surface area contributed by atoms with E-state index in [0.717, 1.165) is 42.4 Å². The molecule has 1 fully saturated rings. The molecule has 1 aliphatic rings. The van der Waals surface area contributed by atoms with Crippen LogP contribution < -0.4 is 5.32 Å². The maximum absolute atomic E-state index is 12.0. The van der Waals surface area contributed by atoms with Gasteiger partial charge in [0.2, 0.25) is 0 Å². The number of hydrogen-bond donors (Lipinski definition) is 1. The molecule has 0 radical (unpaired) electrons. The number of likely N-dealkylation sites (tertiary alicyclic amines) is 1. The number of carbonyl (C=O) groups excluding carboxylic acids is 1. The van der Waals surface area contributed by atoms with Crippen molar-refractivity contribution in [2.45, 2.75) is 26.3 Å². The first-order chi connectivity index (χ1) is 9.19. The van der Waals surface area contributed by atoms with E-state index in [9.17, 15) is 4.79 Å². The summed E-state index contributed by atoms with van der Waals surface area (Å²) in [7, 11) is 1.73. The number of amides is 2. The zero-order chi connectivity index (χ0) is 13.7. The number of nitrogens with zero attached hydrogens (tertiary/aromatic N) is 2. The van der Waals surface area contributed by atoms with Crippen molar-refractivity contribution in [3.05, 3.63) is 16.1 Å². The summed E-state index contributed by atoms with van der Waals surface area (Å²) in [5, 5.41) is 3.99. The summed E-state index contributed by atoms with van der Waals surface area (Å²) in [4.78, 5) is 19.2. The molecule has 19 heavy (non-hydrogen) atoms. The van der Waals surface area contributed by atoms with Crippen LogP contribution in [0, 0.1) is 12.8 Å². The smallest absolute Gasteiger partial charge is 0.317 e. The number of aryl methyl sites for hydroxylation is 1. The summed E-state index contributed by atoms with van der Waals surface area (Å²) in [6, 6.07) is 0.0296. The first-order valence-electron chi connectivity index (χ1n) is 6.62. The standard InChI is InChI=1S/C13H21N3O2S/c1-10-14-7-12(19-10)8-15-13(17)16-5-3-11(4-6-16)9-18-2/h7,11H,3-6,8-9H2,1-2H3,(H,15,17). The summed E-state index contributed by atoms with van der Waals surface area (Å²) in [5.41, 5.74) is 0. The number of rotatable bonds is 4. The molecule has 1 N–H and O–H groups in total. The van der Waals surface area contributed by atoms with Gasteiger partial charge in [0.25, 0.3) is 0 Å². The van der Waals surface area contributed by atoms with E-state index in [2.05, 4.69) is 10.3 Å². The van der Waals surface area contributed by atoms with Crippen LogP contribution in [0.15, 0.2) is 6.20 Å². The Balaban J connectivity index is 1.72. The van der Waals surface area contributed by atoms with Crippen molar-refractivity contribution < 1.29 is 9.53 Å². The highest BCUT2D eigenvalue weighted by molar-refractivity contribution is 7.11. The van der Waals surface area contributed by atoms with Crippen LogP contribution in [-0.2, 0) is 11.3 Å². The third-order valence-electron chi connectivity index (χ3n) is 3.39. The maximum Gasteiger partial charge on any atom is 0.317 e. The lowest BCUT2D eigenvalue weighted by molar-refractivity contribution is 0.107. The molecule has 0 saturated carbocycles. The molecule has 0 bridgehead atoms. The Morgan fingerprint density at radius 2 is 2.32 bits per heavy atom. The van der Waals surface area contributed by atoms with E-state index < -0.39 is 0 Å². The van der Waals surface area contributed by atoms with Crippen LogP contribution in [0.3, 0.4) is 0 Å². The number of piperidine rings is 1. The Morgan fingerprint density at radius 1 is 1.58 bits per heavy atom. The van der Waals surface area contributed by atoms with E-state index in [0.29, 0.717) is 12.5 Å². The molecular weight excluding hydrogens is 262 g/mol. The number of carbonyl (C=O) groups is 1. The number of thiazole rings is 1. The Kier molecular flexibility index (Phi) is 5.15. The normalized spacial score (nSPS) is 16.6. The minimum absolute atomic E-state index is 0.0296. The summed E-state index contributed by atoms with van der Waals surface area (Å²) in [6.07, 6.45) is 3.88. The number of ether oxygens (including phenoxy) is 1. The highest BCUT2D eigenvalue weighted by atomic mass is 32.1. The molecule has 2 amide bonds. The van der Waals surface area contributed by atoms with Crippen molar-refractivity contribution in [2.24, 2.45) is 5.92 Å². The fraction of sp³-hybridized carbons (Fsp3) is 0.692. The Morgan fingerprint density at radius 3 is 2.89 bits per heavy atom. The monoisotopic (exact) mass is 283 g/mol. The molecule has 0 aliphatic carbocycles. The number of urea groups is 1. The third-order valence-corrected chi connectivity index (χ3v) is 4.30. The number of hydrogen-bond acceptors (Lipinski definition) is 4. The van der Waals surface area contributed by atoms with E-state index >= 15 is 0 Å². The highest BCUT2D eigenvalue weighted by Crippen LogP contribution is 2.17. The van der Waals surface area contributed by atoms with Gasteiger partial charge in [-0.25, -0.2) is 9.78 Å². The van der Waals surface area contributed by atoms with Crippen molar-refractivity contribution in [2.75, 3.05) is 26.8 Å². The van der Waals surface area contributed by atoms with Crippen molar-refractivity contribution in [1.29, 1.82) is 0 Å². The molecule has 2 heterocycles. The third kappa shape index (κ3) is 4.18. The van der Waals surface area contributed by atoms with Crippen molar-refractivity contribution in [3.63, 3.8) is 0 Å². The van der Waals surface area contributed by atoms with Crippen LogP contribution in [0.2, 0.25) is 0 Å². The molecule has 1 saturated heterocycles. The summed E-state index contributed by atoms with van der Waals surface area (Å²) >= 11 is 1.62. The van der Waals surface area contributed by atoms with Gasteiger partial charge >= 0.3 is 6.03 Å².